The smallest absolute Gasteiger partial charge is 0.378 e. The maximum atomic E-state index is 14.7. The molecule has 2 aromatic heterocycles. The van der Waals surface area contributed by atoms with Crippen molar-refractivity contribution in [2.75, 3.05) is 38.0 Å². The summed E-state index contributed by atoms with van der Waals surface area (Å²) in [4.78, 5) is 13.2. The van der Waals surface area contributed by atoms with Gasteiger partial charge in [0.25, 0.3) is 0 Å². The van der Waals surface area contributed by atoms with Crippen LogP contribution in [0.4, 0.5) is 28.9 Å². The summed E-state index contributed by atoms with van der Waals surface area (Å²) in [6.07, 6.45) is 0. The van der Waals surface area contributed by atoms with Crippen LogP contribution in [0.3, 0.4) is 0 Å². The normalized spacial score (nSPS) is 11.2. The monoisotopic (exact) mass is 701 g/mol. The molecule has 0 fully saturated rings. The molecule has 0 atom stereocenters. The zero-order chi connectivity index (χ0) is 27.1. The fraction of sp³-hybridized carbons (Fsp3) is 0.241. The van der Waals surface area contributed by atoms with Crippen molar-refractivity contribution in [2.24, 2.45) is 0 Å². The van der Waals surface area contributed by atoms with Gasteiger partial charge in [0.15, 0.2) is 0 Å². The largest absolute Gasteiger partial charge is 2.00 e. The molecule has 2 aromatic carbocycles. The predicted molar refractivity (Wildman–Crippen MR) is 138 cm³/mol. The SMILES string of the molecule is CN(C)c1cc(-c2[c-]cc(F)cc2F)nc(C(C)(C)c2cc(N(C)C)cc(-c3[c-]cc(F)cc3F)n2)c1.[Pt+2]. The molecule has 0 radical (unpaired) electrons. The molecule has 4 aromatic rings. The van der Waals surface area contributed by atoms with Crippen molar-refractivity contribution >= 4 is 11.4 Å². The minimum atomic E-state index is -0.839. The Labute approximate surface area is 234 Å². The summed E-state index contributed by atoms with van der Waals surface area (Å²) in [5.74, 6) is -3.01. The van der Waals surface area contributed by atoms with Gasteiger partial charge in [-0.3, -0.25) is 17.6 Å². The molecule has 0 spiro atoms. The van der Waals surface area contributed by atoms with Crippen molar-refractivity contribution in [1.82, 2.24) is 9.97 Å². The molecule has 0 unspecified atom stereocenters. The Morgan fingerprint density at radius 1 is 0.632 bits per heavy atom. The Hall–Kier alpha value is -3.25. The number of rotatable bonds is 6. The average Bonchev–Trinajstić information content (AvgIpc) is 2.83. The van der Waals surface area contributed by atoms with Crippen LogP contribution in [0.15, 0.2) is 48.5 Å². The molecular formula is C29H26F4N4Pt. The first-order chi connectivity index (χ1) is 17.4. The summed E-state index contributed by atoms with van der Waals surface area (Å²) in [7, 11) is 7.38. The Morgan fingerprint density at radius 3 is 1.32 bits per heavy atom. The third kappa shape index (κ3) is 5.91. The van der Waals surface area contributed by atoms with Crippen molar-refractivity contribution in [3.05, 3.63) is 95.3 Å². The predicted octanol–water partition coefficient (Wildman–Crippen LogP) is 6.42. The van der Waals surface area contributed by atoms with Gasteiger partial charge < -0.3 is 19.8 Å². The van der Waals surface area contributed by atoms with E-state index in [2.05, 4.69) is 12.1 Å². The number of anilines is 2. The summed E-state index contributed by atoms with van der Waals surface area (Å²) in [5, 5.41) is 0. The first-order valence-electron chi connectivity index (χ1n) is 11.5. The summed E-state index contributed by atoms with van der Waals surface area (Å²) in [6, 6.07) is 16.1. The van der Waals surface area contributed by atoms with E-state index < -0.39 is 28.7 Å². The molecule has 9 heteroatoms. The molecule has 200 valence electrons. The maximum absolute atomic E-state index is 14.7. The Bertz CT molecular complexity index is 1360. The maximum Gasteiger partial charge on any atom is 2.00 e. The van der Waals surface area contributed by atoms with Crippen LogP contribution in [0.1, 0.15) is 25.2 Å². The number of aromatic nitrogens is 2. The van der Waals surface area contributed by atoms with Gasteiger partial charge in [0.05, 0.1) is 0 Å². The fourth-order valence-corrected chi connectivity index (χ4v) is 3.86. The van der Waals surface area contributed by atoms with Crippen LogP contribution in [0.5, 0.6) is 0 Å². The minimum absolute atomic E-state index is 0. The van der Waals surface area contributed by atoms with E-state index in [1.807, 2.05) is 64.0 Å². The molecule has 0 bridgehead atoms. The second-order valence-corrected chi connectivity index (χ2v) is 9.69. The van der Waals surface area contributed by atoms with E-state index in [0.717, 1.165) is 35.6 Å². The molecule has 4 nitrogen and oxygen atoms in total. The van der Waals surface area contributed by atoms with E-state index >= 15 is 0 Å². The van der Waals surface area contributed by atoms with E-state index in [4.69, 9.17) is 9.97 Å². The molecule has 2 heterocycles. The van der Waals surface area contributed by atoms with Crippen LogP contribution in [0.25, 0.3) is 22.5 Å². The Balaban J connectivity index is 0.00000400. The van der Waals surface area contributed by atoms with Gasteiger partial charge in [0.2, 0.25) is 0 Å². The summed E-state index contributed by atoms with van der Waals surface area (Å²) in [6.45, 7) is 3.80. The first kappa shape index (κ1) is 29.3. The number of hydrogen-bond donors (Lipinski definition) is 0. The average molecular weight is 702 g/mol. The van der Waals surface area contributed by atoms with Crippen molar-refractivity contribution in [3.8, 4) is 22.5 Å². The van der Waals surface area contributed by atoms with Gasteiger partial charge in [0, 0.05) is 79.6 Å². The van der Waals surface area contributed by atoms with Gasteiger partial charge in [-0.25, -0.2) is 0 Å². The summed E-state index contributed by atoms with van der Waals surface area (Å²) < 4.78 is 56.4. The molecule has 0 saturated heterocycles. The number of pyridine rings is 2. The third-order valence-corrected chi connectivity index (χ3v) is 6.16. The third-order valence-electron chi connectivity index (χ3n) is 6.16. The molecule has 0 aliphatic rings. The molecule has 0 amide bonds. The number of nitrogens with zero attached hydrogens (tertiary/aromatic N) is 4. The summed E-state index contributed by atoms with van der Waals surface area (Å²) >= 11 is 0. The second-order valence-electron chi connectivity index (χ2n) is 9.69. The molecule has 0 aliphatic carbocycles. The molecular weight excluding hydrogens is 675 g/mol. The Kier molecular flexibility index (Phi) is 8.67. The Morgan fingerprint density at radius 2 is 1.00 bits per heavy atom. The second kappa shape index (κ2) is 11.2. The molecule has 4 rings (SSSR count). The minimum Gasteiger partial charge on any atom is -0.378 e. The van der Waals surface area contributed by atoms with E-state index in [0.29, 0.717) is 11.4 Å². The molecule has 0 N–H and O–H groups in total. The van der Waals surface area contributed by atoms with Crippen LogP contribution in [0, 0.1) is 35.4 Å². The zero-order valence-electron chi connectivity index (χ0n) is 21.7. The van der Waals surface area contributed by atoms with Crippen LogP contribution < -0.4 is 9.80 Å². The van der Waals surface area contributed by atoms with Gasteiger partial charge >= 0.3 is 21.1 Å². The first-order valence-corrected chi connectivity index (χ1v) is 11.5. The van der Waals surface area contributed by atoms with E-state index in [-0.39, 0.29) is 43.6 Å². The standard InChI is InChI=1S/C29H26F4N4.Pt/c1-29(2,27-15-19(36(3)4)13-25(34-27)21-9-7-17(30)11-23(21)32)28-16-20(37(5)6)14-26(35-28)22-10-8-18(31)12-24(22)33;/h7-8,11-16H,1-6H3;/q-2;+2. The fourth-order valence-electron chi connectivity index (χ4n) is 3.86. The van der Waals surface area contributed by atoms with Gasteiger partial charge in [-0.2, -0.15) is 0 Å². The van der Waals surface area contributed by atoms with Gasteiger partial charge in [-0.05, 0) is 37.4 Å². The van der Waals surface area contributed by atoms with Crippen LogP contribution >= 0.6 is 0 Å². The van der Waals surface area contributed by atoms with Crippen LogP contribution in [-0.2, 0) is 26.5 Å². The zero-order valence-corrected chi connectivity index (χ0v) is 24.0. The number of hydrogen-bond acceptors (Lipinski definition) is 4. The molecule has 0 aliphatic heterocycles. The molecule has 38 heavy (non-hydrogen) atoms. The van der Waals surface area contributed by atoms with E-state index in [1.54, 1.807) is 12.1 Å². The van der Waals surface area contributed by atoms with Crippen molar-refractivity contribution < 1.29 is 38.6 Å². The van der Waals surface area contributed by atoms with Crippen molar-refractivity contribution in [1.29, 1.82) is 0 Å². The van der Waals surface area contributed by atoms with Gasteiger partial charge in [-0.1, -0.05) is 35.4 Å². The van der Waals surface area contributed by atoms with Gasteiger partial charge in [0.1, 0.15) is 0 Å². The molecule has 0 saturated carbocycles. The van der Waals surface area contributed by atoms with Gasteiger partial charge in [-0.15, -0.1) is 24.3 Å². The number of benzene rings is 2. The summed E-state index contributed by atoms with van der Waals surface area (Å²) in [5.41, 5.74) is 2.42. The van der Waals surface area contributed by atoms with E-state index in [9.17, 15) is 17.6 Å². The topological polar surface area (TPSA) is 32.3 Å². The quantitative estimate of drug-likeness (QED) is 0.172. The number of halogens is 4. The van der Waals surface area contributed by atoms with Crippen LogP contribution in [-0.4, -0.2) is 38.2 Å². The van der Waals surface area contributed by atoms with Crippen molar-refractivity contribution in [2.45, 2.75) is 19.3 Å². The van der Waals surface area contributed by atoms with Crippen molar-refractivity contribution in [3.63, 3.8) is 0 Å². The van der Waals surface area contributed by atoms with Crippen LogP contribution in [0.2, 0.25) is 0 Å². The van der Waals surface area contributed by atoms with E-state index in [1.165, 1.54) is 0 Å².